The summed E-state index contributed by atoms with van der Waals surface area (Å²) in [6, 6.07) is 15.3. The second-order valence-corrected chi connectivity index (χ2v) is 8.23. The van der Waals surface area contributed by atoms with Gasteiger partial charge >= 0.3 is 24.5 Å². The molecule has 0 unspecified atom stereocenters. The third-order valence-electron chi connectivity index (χ3n) is 5.37. The number of halogens is 4. The highest BCUT2D eigenvalue weighted by Gasteiger charge is 2.43. The molecule has 11 heteroatoms. The van der Waals surface area contributed by atoms with Gasteiger partial charge in [0.15, 0.2) is 0 Å². The molecule has 3 aromatic rings. The van der Waals surface area contributed by atoms with Gasteiger partial charge in [-0.2, -0.15) is 17.6 Å². The van der Waals surface area contributed by atoms with Crippen LogP contribution in [0.15, 0.2) is 72.3 Å². The molecule has 0 aromatic heterocycles. The van der Waals surface area contributed by atoms with E-state index in [1.165, 1.54) is 18.2 Å². The van der Waals surface area contributed by atoms with Gasteiger partial charge in [0, 0.05) is 16.9 Å². The van der Waals surface area contributed by atoms with Gasteiger partial charge in [-0.05, 0) is 85.0 Å². The molecule has 0 heterocycles. The normalized spacial score (nSPS) is 11.9. The largest absolute Gasteiger partial charge is 0.478 e. The molecule has 0 amide bonds. The molecule has 0 aliphatic rings. The molecular weight excluding hydrogens is 508 g/mol. The van der Waals surface area contributed by atoms with Crippen molar-refractivity contribution in [3.8, 4) is 11.5 Å². The number of carbonyl (C=O) groups excluding carboxylic acids is 1. The molecule has 5 N–H and O–H groups in total. The lowest BCUT2D eigenvalue weighted by atomic mass is 10.0. The van der Waals surface area contributed by atoms with Gasteiger partial charge in [0.1, 0.15) is 11.5 Å². The minimum absolute atomic E-state index is 0.0309. The summed E-state index contributed by atoms with van der Waals surface area (Å²) in [6.07, 6.45) is -5.75. The number of aryl methyl sites for hydroxylation is 1. The van der Waals surface area contributed by atoms with Gasteiger partial charge in [-0.3, -0.25) is 0 Å². The molecule has 200 valence electrons. The molecule has 0 aliphatic heterocycles. The summed E-state index contributed by atoms with van der Waals surface area (Å²) in [4.78, 5) is 24.0. The summed E-state index contributed by atoms with van der Waals surface area (Å²) >= 11 is 0. The maximum atomic E-state index is 13.0. The van der Waals surface area contributed by atoms with Crippen LogP contribution >= 0.6 is 0 Å². The van der Waals surface area contributed by atoms with Crippen molar-refractivity contribution in [3.63, 3.8) is 0 Å². The van der Waals surface area contributed by atoms with E-state index >= 15 is 0 Å². The van der Waals surface area contributed by atoms with Gasteiger partial charge in [0.25, 0.3) is 0 Å². The molecule has 0 bridgehead atoms. The van der Waals surface area contributed by atoms with Gasteiger partial charge in [-0.1, -0.05) is 18.2 Å². The number of carboxylic acid groups (broad SMARTS) is 1. The average molecular weight is 532 g/mol. The van der Waals surface area contributed by atoms with Crippen molar-refractivity contribution in [1.82, 2.24) is 0 Å². The number of nitrogens with two attached hydrogens (primary N) is 2. The third kappa shape index (κ3) is 7.73. The molecule has 0 aliphatic carbocycles. The Morgan fingerprint density at radius 3 is 2.16 bits per heavy atom. The van der Waals surface area contributed by atoms with E-state index in [9.17, 15) is 32.3 Å². The second kappa shape index (κ2) is 12.1. The number of nitrogen functional groups attached to an aromatic ring is 2. The Bertz CT molecular complexity index is 1310. The fraction of sp³-hybridized carbons (Fsp3) is 0.185. The number of alkyl halides is 4. The van der Waals surface area contributed by atoms with Crippen LogP contribution in [0, 0.1) is 0 Å². The Kier molecular flexibility index (Phi) is 8.95. The summed E-state index contributed by atoms with van der Waals surface area (Å²) in [6.45, 7) is 0. The monoisotopic (exact) mass is 532 g/mol. The lowest BCUT2D eigenvalue weighted by Gasteiger charge is -2.16. The van der Waals surface area contributed by atoms with E-state index in [1.807, 2.05) is 6.07 Å². The van der Waals surface area contributed by atoms with Crippen LogP contribution in [0.5, 0.6) is 11.5 Å². The summed E-state index contributed by atoms with van der Waals surface area (Å²) < 4.78 is 59.6. The van der Waals surface area contributed by atoms with Gasteiger partial charge in [-0.25, -0.2) is 9.59 Å². The molecule has 7 nitrogen and oxygen atoms in total. The van der Waals surface area contributed by atoms with E-state index in [4.69, 9.17) is 16.2 Å². The Hall–Kier alpha value is -4.54. The van der Waals surface area contributed by atoms with Crippen LogP contribution in [0.3, 0.4) is 0 Å². The van der Waals surface area contributed by atoms with Gasteiger partial charge in [0.2, 0.25) is 0 Å². The van der Waals surface area contributed by atoms with E-state index in [-0.39, 0.29) is 16.9 Å². The van der Waals surface area contributed by atoms with Crippen molar-refractivity contribution in [2.75, 3.05) is 11.5 Å². The molecule has 0 radical (unpaired) electrons. The zero-order valence-electron chi connectivity index (χ0n) is 19.9. The first-order valence-corrected chi connectivity index (χ1v) is 11.3. The number of carbonyl (C=O) groups is 2. The highest BCUT2D eigenvalue weighted by atomic mass is 19.3. The van der Waals surface area contributed by atoms with Crippen LogP contribution in [0.1, 0.15) is 34.3 Å². The maximum Gasteiger partial charge on any atom is 0.461 e. The van der Waals surface area contributed by atoms with Crippen LogP contribution < -0.4 is 20.9 Å². The van der Waals surface area contributed by atoms with Gasteiger partial charge < -0.3 is 26.0 Å². The number of esters is 1. The standard InChI is InChI=1S/C27H24F4N2O5/c28-26(29)27(30,31)38-22-12-7-18(8-13-22)25(36)37-21-10-4-16(5-11-21)14-19(24(34)35)3-1-2-17-6-9-20(32)15-23(17)33/h4-15,26H,1-3,32-33H2,(H,34,35). The predicted octanol–water partition coefficient (Wildman–Crippen LogP) is 5.80. The zero-order valence-corrected chi connectivity index (χ0v) is 19.9. The fourth-order valence-corrected chi connectivity index (χ4v) is 3.41. The molecule has 0 atom stereocenters. The van der Waals surface area contributed by atoms with E-state index < -0.39 is 30.2 Å². The first-order chi connectivity index (χ1) is 17.9. The van der Waals surface area contributed by atoms with Crippen LogP contribution in [0.25, 0.3) is 6.08 Å². The van der Waals surface area contributed by atoms with Crippen molar-refractivity contribution in [2.24, 2.45) is 0 Å². The number of aliphatic carboxylic acids is 1. The van der Waals surface area contributed by atoms with E-state index in [2.05, 4.69) is 4.74 Å². The van der Waals surface area contributed by atoms with Crippen LogP contribution in [-0.4, -0.2) is 29.6 Å². The summed E-state index contributed by atoms with van der Waals surface area (Å²) in [5.41, 5.74) is 14.3. The fourth-order valence-electron chi connectivity index (χ4n) is 3.41. The number of hydrogen-bond donors (Lipinski definition) is 3. The minimum atomic E-state index is -4.66. The quantitative estimate of drug-likeness (QED) is 0.0937. The SMILES string of the molecule is Nc1ccc(CCCC(=Cc2ccc(OC(=O)c3ccc(OC(F)(F)C(F)F)cc3)cc2)C(=O)O)c(N)c1. The lowest BCUT2D eigenvalue weighted by molar-refractivity contribution is -0.253. The van der Waals surface area contributed by atoms with E-state index in [0.29, 0.717) is 36.2 Å². The van der Waals surface area contributed by atoms with E-state index in [0.717, 1.165) is 29.8 Å². The third-order valence-corrected chi connectivity index (χ3v) is 5.37. The van der Waals surface area contributed by atoms with Crippen LogP contribution in [-0.2, 0) is 11.2 Å². The zero-order chi connectivity index (χ0) is 27.9. The van der Waals surface area contributed by atoms with E-state index in [1.54, 1.807) is 24.3 Å². The topological polar surface area (TPSA) is 125 Å². The first-order valence-electron chi connectivity index (χ1n) is 11.3. The number of carboxylic acids is 1. The molecule has 3 aromatic carbocycles. The first kappa shape index (κ1) is 28.0. The summed E-state index contributed by atoms with van der Waals surface area (Å²) in [5.74, 6) is -2.29. The van der Waals surface area contributed by atoms with Crippen molar-refractivity contribution in [3.05, 3.63) is 89.0 Å². The molecule has 0 saturated carbocycles. The smallest absolute Gasteiger partial charge is 0.461 e. The van der Waals surface area contributed by atoms with Gasteiger partial charge in [0.05, 0.1) is 5.56 Å². The van der Waals surface area contributed by atoms with Crippen LogP contribution in [0.4, 0.5) is 28.9 Å². The lowest BCUT2D eigenvalue weighted by Crippen LogP contribution is -2.33. The van der Waals surface area contributed by atoms with Crippen molar-refractivity contribution >= 4 is 29.4 Å². The summed E-state index contributed by atoms with van der Waals surface area (Å²) in [7, 11) is 0. The molecule has 38 heavy (non-hydrogen) atoms. The Morgan fingerprint density at radius 1 is 0.947 bits per heavy atom. The highest BCUT2D eigenvalue weighted by molar-refractivity contribution is 5.92. The molecule has 0 saturated heterocycles. The number of benzene rings is 3. The number of anilines is 2. The predicted molar refractivity (Wildman–Crippen MR) is 133 cm³/mol. The Morgan fingerprint density at radius 2 is 1.58 bits per heavy atom. The van der Waals surface area contributed by atoms with Crippen molar-refractivity contribution < 1.29 is 41.7 Å². The molecule has 0 fully saturated rings. The average Bonchev–Trinajstić information content (AvgIpc) is 2.85. The Labute approximate surface area is 215 Å². The number of rotatable bonds is 11. The van der Waals surface area contributed by atoms with Gasteiger partial charge in [-0.15, -0.1) is 0 Å². The van der Waals surface area contributed by atoms with Crippen molar-refractivity contribution in [2.45, 2.75) is 31.8 Å². The number of hydrogen-bond acceptors (Lipinski definition) is 6. The Balaban J connectivity index is 1.59. The maximum absolute atomic E-state index is 13.0. The molecule has 3 rings (SSSR count). The molecule has 0 spiro atoms. The van der Waals surface area contributed by atoms with Crippen molar-refractivity contribution in [1.29, 1.82) is 0 Å². The number of ether oxygens (including phenoxy) is 2. The highest BCUT2D eigenvalue weighted by Crippen LogP contribution is 2.28. The minimum Gasteiger partial charge on any atom is -0.478 e. The van der Waals surface area contributed by atoms with Crippen LogP contribution in [0.2, 0.25) is 0 Å². The summed E-state index contributed by atoms with van der Waals surface area (Å²) in [5, 5.41) is 9.56. The molecular formula is C27H24F4N2O5. The second-order valence-electron chi connectivity index (χ2n) is 8.23.